The molecule has 1 atom stereocenters. The number of hydrogen-bond acceptors (Lipinski definition) is 2. The first-order valence-corrected chi connectivity index (χ1v) is 5.12. The van der Waals surface area contributed by atoms with Crippen LogP contribution in [0, 0.1) is 0 Å². The smallest absolute Gasteiger partial charge is 0.315 e. The van der Waals surface area contributed by atoms with Gasteiger partial charge < -0.3 is 16.0 Å². The molecule has 0 aromatic heterocycles. The summed E-state index contributed by atoms with van der Waals surface area (Å²) in [6.45, 7) is 2.00. The Hall–Kier alpha value is -0.770. The van der Waals surface area contributed by atoms with Crippen LogP contribution in [-0.4, -0.2) is 31.2 Å². The van der Waals surface area contributed by atoms with E-state index in [1.807, 2.05) is 0 Å². The number of carbonyl (C=O) groups is 1. The highest BCUT2D eigenvalue weighted by molar-refractivity contribution is 5.74. The zero-order valence-corrected chi connectivity index (χ0v) is 7.81. The summed E-state index contributed by atoms with van der Waals surface area (Å²) in [5.74, 6) is 0. The number of amides is 2. The van der Waals surface area contributed by atoms with Crippen LogP contribution >= 0.6 is 0 Å². The quantitative estimate of drug-likeness (QED) is 0.573. The Kier molecular flexibility index (Phi) is 2.68. The van der Waals surface area contributed by atoms with Crippen LogP contribution < -0.4 is 16.0 Å². The average Bonchev–Trinajstić information content (AvgIpc) is 2.90. The Balaban J connectivity index is 1.66. The molecule has 4 nitrogen and oxygen atoms in total. The normalized spacial score (nSPS) is 28.2. The Labute approximate surface area is 78.5 Å². The minimum absolute atomic E-state index is 0.0104. The summed E-state index contributed by atoms with van der Waals surface area (Å²) in [6, 6.07) is 0.792. The van der Waals surface area contributed by atoms with Crippen molar-refractivity contribution in [3.8, 4) is 0 Å². The maximum absolute atomic E-state index is 11.3. The zero-order valence-electron chi connectivity index (χ0n) is 7.81. The van der Waals surface area contributed by atoms with Crippen LogP contribution in [-0.2, 0) is 0 Å². The van der Waals surface area contributed by atoms with Crippen LogP contribution in [0.15, 0.2) is 0 Å². The van der Waals surface area contributed by atoms with Crippen molar-refractivity contribution < 1.29 is 4.79 Å². The third-order valence-corrected chi connectivity index (χ3v) is 2.54. The molecule has 13 heavy (non-hydrogen) atoms. The molecule has 2 rings (SSSR count). The van der Waals surface area contributed by atoms with Gasteiger partial charge in [-0.3, -0.25) is 0 Å². The van der Waals surface area contributed by atoms with Crippen molar-refractivity contribution in [3.05, 3.63) is 0 Å². The highest BCUT2D eigenvalue weighted by Gasteiger charge is 2.24. The molecule has 3 N–H and O–H groups in total. The van der Waals surface area contributed by atoms with E-state index in [0.29, 0.717) is 12.1 Å². The summed E-state index contributed by atoms with van der Waals surface area (Å²) in [4.78, 5) is 11.3. The van der Waals surface area contributed by atoms with Gasteiger partial charge in [0.05, 0.1) is 0 Å². The monoisotopic (exact) mass is 183 g/mol. The molecule has 4 heteroatoms. The van der Waals surface area contributed by atoms with E-state index in [2.05, 4.69) is 16.0 Å². The maximum Gasteiger partial charge on any atom is 0.315 e. The summed E-state index contributed by atoms with van der Waals surface area (Å²) in [5, 5.41) is 9.17. The third-order valence-electron chi connectivity index (χ3n) is 2.54. The maximum atomic E-state index is 11.3. The molecule has 0 bridgehead atoms. The van der Waals surface area contributed by atoms with Crippen molar-refractivity contribution in [2.75, 3.05) is 13.1 Å². The second-order valence-corrected chi connectivity index (χ2v) is 3.94. The minimum atomic E-state index is 0.0104. The number of carbonyl (C=O) groups excluding carboxylic acids is 1. The summed E-state index contributed by atoms with van der Waals surface area (Å²) in [5.41, 5.74) is 0. The molecule has 0 aromatic carbocycles. The van der Waals surface area contributed by atoms with Crippen molar-refractivity contribution in [1.29, 1.82) is 0 Å². The lowest BCUT2D eigenvalue weighted by Crippen LogP contribution is -2.49. The SMILES string of the molecule is O=C(NC1CC1)NC1CCCNC1. The number of rotatable bonds is 2. The zero-order chi connectivity index (χ0) is 9.10. The average molecular weight is 183 g/mol. The minimum Gasteiger partial charge on any atom is -0.335 e. The van der Waals surface area contributed by atoms with Gasteiger partial charge in [0.1, 0.15) is 0 Å². The largest absolute Gasteiger partial charge is 0.335 e. The van der Waals surface area contributed by atoms with Gasteiger partial charge >= 0.3 is 6.03 Å². The predicted molar refractivity (Wildman–Crippen MR) is 50.6 cm³/mol. The topological polar surface area (TPSA) is 53.2 Å². The Morgan fingerprint density at radius 3 is 2.54 bits per heavy atom. The lowest BCUT2D eigenvalue weighted by atomic mass is 10.1. The van der Waals surface area contributed by atoms with Crippen molar-refractivity contribution in [3.63, 3.8) is 0 Å². The van der Waals surface area contributed by atoms with Gasteiger partial charge in [-0.05, 0) is 32.2 Å². The van der Waals surface area contributed by atoms with Gasteiger partial charge in [-0.1, -0.05) is 0 Å². The Morgan fingerprint density at radius 1 is 1.15 bits per heavy atom. The van der Waals surface area contributed by atoms with Gasteiger partial charge in [0.2, 0.25) is 0 Å². The molecular weight excluding hydrogens is 166 g/mol. The van der Waals surface area contributed by atoms with E-state index in [0.717, 1.165) is 38.8 Å². The summed E-state index contributed by atoms with van der Waals surface area (Å²) in [6.07, 6.45) is 4.56. The molecule has 1 saturated heterocycles. The van der Waals surface area contributed by atoms with E-state index < -0.39 is 0 Å². The molecule has 1 heterocycles. The first-order valence-electron chi connectivity index (χ1n) is 5.12. The van der Waals surface area contributed by atoms with E-state index in [-0.39, 0.29) is 6.03 Å². The van der Waals surface area contributed by atoms with Gasteiger partial charge in [0, 0.05) is 18.6 Å². The van der Waals surface area contributed by atoms with Gasteiger partial charge in [-0.15, -0.1) is 0 Å². The van der Waals surface area contributed by atoms with Crippen LogP contribution in [0.2, 0.25) is 0 Å². The summed E-state index contributed by atoms with van der Waals surface area (Å²) in [7, 11) is 0. The van der Waals surface area contributed by atoms with E-state index in [4.69, 9.17) is 0 Å². The standard InChI is InChI=1S/C9H17N3O/c13-9(11-7-3-4-7)12-8-2-1-5-10-6-8/h7-8,10H,1-6H2,(H2,11,12,13). The van der Waals surface area contributed by atoms with Gasteiger partial charge in [-0.25, -0.2) is 4.79 Å². The van der Waals surface area contributed by atoms with Crippen LogP contribution in [0.25, 0.3) is 0 Å². The summed E-state index contributed by atoms with van der Waals surface area (Å²) < 4.78 is 0. The lowest BCUT2D eigenvalue weighted by Gasteiger charge is -2.23. The van der Waals surface area contributed by atoms with Crippen molar-refractivity contribution in [2.45, 2.75) is 37.8 Å². The van der Waals surface area contributed by atoms with Gasteiger partial charge in [0.15, 0.2) is 0 Å². The second kappa shape index (κ2) is 3.96. The van der Waals surface area contributed by atoms with Crippen molar-refractivity contribution in [2.24, 2.45) is 0 Å². The number of urea groups is 1. The van der Waals surface area contributed by atoms with E-state index in [9.17, 15) is 4.79 Å². The third kappa shape index (κ3) is 2.88. The number of nitrogens with one attached hydrogen (secondary N) is 3. The van der Waals surface area contributed by atoms with E-state index in [1.165, 1.54) is 0 Å². The first-order chi connectivity index (χ1) is 6.34. The fraction of sp³-hybridized carbons (Fsp3) is 0.889. The molecule has 74 valence electrons. The molecule has 0 aromatic rings. The Bertz CT molecular complexity index is 185. The molecule has 2 aliphatic rings. The highest BCUT2D eigenvalue weighted by atomic mass is 16.2. The fourth-order valence-corrected chi connectivity index (χ4v) is 1.62. The number of hydrogen-bond donors (Lipinski definition) is 3. The first kappa shape index (κ1) is 8.81. The van der Waals surface area contributed by atoms with Crippen LogP contribution in [0.5, 0.6) is 0 Å². The van der Waals surface area contributed by atoms with E-state index in [1.54, 1.807) is 0 Å². The molecule has 1 aliphatic carbocycles. The molecule has 1 unspecified atom stereocenters. The second-order valence-electron chi connectivity index (χ2n) is 3.94. The Morgan fingerprint density at radius 2 is 1.92 bits per heavy atom. The lowest BCUT2D eigenvalue weighted by molar-refractivity contribution is 0.233. The highest BCUT2D eigenvalue weighted by Crippen LogP contribution is 2.18. The number of piperidine rings is 1. The molecule has 0 radical (unpaired) electrons. The predicted octanol–water partition coefficient (Wildman–Crippen LogP) is 0.200. The fourth-order valence-electron chi connectivity index (χ4n) is 1.62. The van der Waals surface area contributed by atoms with Gasteiger partial charge in [-0.2, -0.15) is 0 Å². The van der Waals surface area contributed by atoms with Crippen LogP contribution in [0.1, 0.15) is 25.7 Å². The van der Waals surface area contributed by atoms with E-state index >= 15 is 0 Å². The van der Waals surface area contributed by atoms with Crippen LogP contribution in [0.3, 0.4) is 0 Å². The molecule has 1 aliphatic heterocycles. The van der Waals surface area contributed by atoms with Crippen molar-refractivity contribution >= 4 is 6.03 Å². The molecular formula is C9H17N3O. The molecule has 1 saturated carbocycles. The summed E-state index contributed by atoms with van der Waals surface area (Å²) >= 11 is 0. The van der Waals surface area contributed by atoms with Crippen LogP contribution in [0.4, 0.5) is 4.79 Å². The molecule has 2 amide bonds. The molecule has 2 fully saturated rings. The van der Waals surface area contributed by atoms with Gasteiger partial charge in [0.25, 0.3) is 0 Å². The van der Waals surface area contributed by atoms with Crippen molar-refractivity contribution in [1.82, 2.24) is 16.0 Å². The molecule has 0 spiro atoms.